The second kappa shape index (κ2) is 5.05. The third-order valence-electron chi connectivity index (χ3n) is 3.30. The topological polar surface area (TPSA) is 24.9 Å². The number of nitrogens with zero attached hydrogens (tertiary/aromatic N) is 1. The van der Waals surface area contributed by atoms with Crippen LogP contribution in [0.15, 0.2) is 36.7 Å². The van der Waals surface area contributed by atoms with E-state index in [1.807, 2.05) is 0 Å². The van der Waals surface area contributed by atoms with Crippen molar-refractivity contribution in [1.82, 2.24) is 10.3 Å². The van der Waals surface area contributed by atoms with E-state index in [2.05, 4.69) is 10.3 Å². The standard InChI is InChI=1S/C15H14F2N2/c16-14-7-10(13-5-6-18-9-15(13)17)1-2-11(14)8-19-12-3-4-12/h1-2,5-7,9,12,19H,3-4,8H2. The van der Waals surface area contributed by atoms with Crippen molar-refractivity contribution in [2.24, 2.45) is 0 Å². The molecule has 1 saturated carbocycles. The van der Waals surface area contributed by atoms with Crippen LogP contribution in [0.5, 0.6) is 0 Å². The Bertz CT molecular complexity index is 594. The molecule has 2 nitrogen and oxygen atoms in total. The highest BCUT2D eigenvalue weighted by molar-refractivity contribution is 5.63. The van der Waals surface area contributed by atoms with Crippen LogP contribution in [0.3, 0.4) is 0 Å². The predicted octanol–water partition coefficient (Wildman–Crippen LogP) is 3.28. The zero-order valence-electron chi connectivity index (χ0n) is 10.4. The van der Waals surface area contributed by atoms with Gasteiger partial charge in [-0.15, -0.1) is 0 Å². The number of hydrogen-bond donors (Lipinski definition) is 1. The Hall–Kier alpha value is -1.81. The van der Waals surface area contributed by atoms with Gasteiger partial charge < -0.3 is 5.32 Å². The van der Waals surface area contributed by atoms with Gasteiger partial charge in [0.05, 0.1) is 6.20 Å². The molecule has 19 heavy (non-hydrogen) atoms. The number of aromatic nitrogens is 1. The lowest BCUT2D eigenvalue weighted by Gasteiger charge is -2.08. The molecule has 0 amide bonds. The van der Waals surface area contributed by atoms with Crippen LogP contribution in [0.25, 0.3) is 11.1 Å². The summed E-state index contributed by atoms with van der Waals surface area (Å²) >= 11 is 0. The number of benzene rings is 1. The normalized spacial score (nSPS) is 14.6. The van der Waals surface area contributed by atoms with Crippen LogP contribution < -0.4 is 5.32 Å². The summed E-state index contributed by atoms with van der Waals surface area (Å²) in [5.41, 5.74) is 1.52. The van der Waals surface area contributed by atoms with Gasteiger partial charge in [0.15, 0.2) is 0 Å². The minimum Gasteiger partial charge on any atom is -0.310 e. The summed E-state index contributed by atoms with van der Waals surface area (Å²) in [6, 6.07) is 6.91. The fourth-order valence-electron chi connectivity index (χ4n) is 2.01. The molecule has 0 radical (unpaired) electrons. The Kier molecular flexibility index (Phi) is 3.25. The molecule has 1 aromatic carbocycles. The number of halogens is 2. The van der Waals surface area contributed by atoms with Gasteiger partial charge in [-0.3, -0.25) is 4.98 Å². The average Bonchev–Trinajstić information content (AvgIpc) is 3.22. The predicted molar refractivity (Wildman–Crippen MR) is 69.5 cm³/mol. The van der Waals surface area contributed by atoms with Gasteiger partial charge in [0.2, 0.25) is 0 Å². The van der Waals surface area contributed by atoms with Crippen LogP contribution in [0.1, 0.15) is 18.4 Å². The maximum Gasteiger partial charge on any atom is 0.149 e. The van der Waals surface area contributed by atoms with Crippen molar-refractivity contribution < 1.29 is 8.78 Å². The Morgan fingerprint density at radius 1 is 1.16 bits per heavy atom. The van der Waals surface area contributed by atoms with E-state index in [4.69, 9.17) is 0 Å². The SMILES string of the molecule is Fc1cc(-c2ccncc2F)ccc1CNC1CC1. The maximum absolute atomic E-state index is 14.0. The molecule has 1 heterocycles. The van der Waals surface area contributed by atoms with Gasteiger partial charge in [0.25, 0.3) is 0 Å². The van der Waals surface area contributed by atoms with Crippen LogP contribution in [0.2, 0.25) is 0 Å². The van der Waals surface area contributed by atoms with Crippen LogP contribution in [0, 0.1) is 11.6 Å². The monoisotopic (exact) mass is 260 g/mol. The summed E-state index contributed by atoms with van der Waals surface area (Å²) in [4.78, 5) is 3.69. The van der Waals surface area contributed by atoms with Gasteiger partial charge in [0, 0.05) is 29.9 Å². The van der Waals surface area contributed by atoms with Crippen molar-refractivity contribution in [3.05, 3.63) is 53.9 Å². The maximum atomic E-state index is 14.0. The van der Waals surface area contributed by atoms with Gasteiger partial charge in [-0.25, -0.2) is 8.78 Å². The second-order valence-electron chi connectivity index (χ2n) is 4.82. The fraction of sp³-hybridized carbons (Fsp3) is 0.267. The molecule has 0 unspecified atom stereocenters. The molecule has 0 saturated heterocycles. The molecule has 0 atom stereocenters. The molecule has 0 aliphatic heterocycles. The van der Waals surface area contributed by atoms with Crippen molar-refractivity contribution in [2.75, 3.05) is 0 Å². The highest BCUT2D eigenvalue weighted by atomic mass is 19.1. The highest BCUT2D eigenvalue weighted by Gasteiger charge is 2.20. The first-order chi connectivity index (χ1) is 9.24. The number of nitrogens with one attached hydrogen (secondary N) is 1. The molecule has 0 spiro atoms. The smallest absolute Gasteiger partial charge is 0.149 e. The van der Waals surface area contributed by atoms with Gasteiger partial charge >= 0.3 is 0 Å². The van der Waals surface area contributed by atoms with E-state index >= 15 is 0 Å². The van der Waals surface area contributed by atoms with Crippen LogP contribution in [-0.4, -0.2) is 11.0 Å². The van der Waals surface area contributed by atoms with E-state index in [1.165, 1.54) is 25.1 Å². The molecule has 3 rings (SSSR count). The molecular weight excluding hydrogens is 246 g/mol. The summed E-state index contributed by atoms with van der Waals surface area (Å²) in [6.45, 7) is 0.523. The van der Waals surface area contributed by atoms with Gasteiger partial charge in [-0.05, 0) is 30.5 Å². The molecule has 1 aromatic heterocycles. The van der Waals surface area contributed by atoms with E-state index in [0.717, 1.165) is 6.20 Å². The minimum atomic E-state index is -0.439. The number of pyridine rings is 1. The molecule has 1 aliphatic rings. The molecule has 98 valence electrons. The number of hydrogen-bond acceptors (Lipinski definition) is 2. The van der Waals surface area contributed by atoms with Crippen molar-refractivity contribution in [2.45, 2.75) is 25.4 Å². The largest absolute Gasteiger partial charge is 0.310 e. The quantitative estimate of drug-likeness (QED) is 0.912. The van der Waals surface area contributed by atoms with E-state index in [0.29, 0.717) is 29.3 Å². The van der Waals surface area contributed by atoms with E-state index in [-0.39, 0.29) is 5.82 Å². The molecule has 4 heteroatoms. The minimum absolute atomic E-state index is 0.304. The lowest BCUT2D eigenvalue weighted by Crippen LogP contribution is -2.16. The molecule has 0 bridgehead atoms. The first-order valence-corrected chi connectivity index (χ1v) is 6.36. The highest BCUT2D eigenvalue weighted by Crippen LogP contribution is 2.25. The Labute approximate surface area is 110 Å². The van der Waals surface area contributed by atoms with E-state index in [1.54, 1.807) is 18.2 Å². The Balaban J connectivity index is 1.84. The van der Waals surface area contributed by atoms with Gasteiger partial charge in [0.1, 0.15) is 11.6 Å². The molecule has 1 aliphatic carbocycles. The fourth-order valence-corrected chi connectivity index (χ4v) is 2.01. The molecule has 1 N–H and O–H groups in total. The molecular formula is C15H14F2N2. The second-order valence-corrected chi connectivity index (χ2v) is 4.82. The van der Waals surface area contributed by atoms with Crippen molar-refractivity contribution in [3.63, 3.8) is 0 Å². The summed E-state index contributed by atoms with van der Waals surface area (Å²) in [5.74, 6) is -0.743. The third-order valence-corrected chi connectivity index (χ3v) is 3.30. The summed E-state index contributed by atoms with van der Waals surface area (Å²) in [7, 11) is 0. The van der Waals surface area contributed by atoms with E-state index < -0.39 is 5.82 Å². The summed E-state index contributed by atoms with van der Waals surface area (Å²) in [5, 5.41) is 3.26. The van der Waals surface area contributed by atoms with Crippen LogP contribution in [0.4, 0.5) is 8.78 Å². The molecule has 1 fully saturated rings. The number of rotatable bonds is 4. The first kappa shape index (κ1) is 12.2. The third kappa shape index (κ3) is 2.79. The first-order valence-electron chi connectivity index (χ1n) is 6.36. The summed E-state index contributed by atoms with van der Waals surface area (Å²) < 4.78 is 27.5. The van der Waals surface area contributed by atoms with Crippen LogP contribution >= 0.6 is 0 Å². The van der Waals surface area contributed by atoms with Crippen molar-refractivity contribution in [1.29, 1.82) is 0 Å². The zero-order chi connectivity index (χ0) is 13.2. The summed E-state index contributed by atoms with van der Waals surface area (Å²) in [6.07, 6.45) is 4.97. The van der Waals surface area contributed by atoms with Gasteiger partial charge in [-0.2, -0.15) is 0 Å². The van der Waals surface area contributed by atoms with E-state index in [9.17, 15) is 8.78 Å². The van der Waals surface area contributed by atoms with Gasteiger partial charge in [-0.1, -0.05) is 12.1 Å². The average molecular weight is 260 g/mol. The lowest BCUT2D eigenvalue weighted by molar-refractivity contribution is 0.587. The Morgan fingerprint density at radius 3 is 2.68 bits per heavy atom. The van der Waals surface area contributed by atoms with Crippen molar-refractivity contribution in [3.8, 4) is 11.1 Å². The zero-order valence-corrected chi connectivity index (χ0v) is 10.4. The van der Waals surface area contributed by atoms with Crippen LogP contribution in [-0.2, 0) is 6.54 Å². The molecule has 2 aromatic rings. The van der Waals surface area contributed by atoms with Crippen molar-refractivity contribution >= 4 is 0 Å². The lowest BCUT2D eigenvalue weighted by atomic mass is 10.0. The Morgan fingerprint density at radius 2 is 2.00 bits per heavy atom.